The molecule has 5 N–H and O–H groups in total. The largest absolute Gasteiger partial charge is 0.508 e. The minimum atomic E-state index is -1.36. The zero-order chi connectivity index (χ0) is 15.3. The molecule has 0 spiro atoms. The fourth-order valence-electron chi connectivity index (χ4n) is 1.47. The number of rotatable bonds is 6. The summed E-state index contributed by atoms with van der Waals surface area (Å²) in [6.07, 6.45) is -0.425. The SMILES string of the molecule is NC(=O)CC[C@@H](NC(=O)c1ccc(O)cc1F)C(=O)O. The number of carboxylic acid groups (broad SMARTS) is 1. The molecule has 0 aliphatic carbocycles. The Morgan fingerprint density at radius 2 is 2.00 bits per heavy atom. The summed E-state index contributed by atoms with van der Waals surface area (Å²) in [5.41, 5.74) is 4.48. The Bertz CT molecular complexity index is 547. The quantitative estimate of drug-likeness (QED) is 0.583. The maximum Gasteiger partial charge on any atom is 0.326 e. The average molecular weight is 284 g/mol. The van der Waals surface area contributed by atoms with Crippen LogP contribution in [0.25, 0.3) is 0 Å². The van der Waals surface area contributed by atoms with Crippen molar-refractivity contribution < 1.29 is 29.0 Å². The molecule has 0 unspecified atom stereocenters. The Labute approximate surface area is 113 Å². The van der Waals surface area contributed by atoms with E-state index in [2.05, 4.69) is 5.32 Å². The number of benzene rings is 1. The second-order valence-electron chi connectivity index (χ2n) is 4.03. The Hall–Kier alpha value is -2.64. The van der Waals surface area contributed by atoms with Gasteiger partial charge in [0.25, 0.3) is 5.91 Å². The third-order valence-corrected chi connectivity index (χ3v) is 2.48. The highest BCUT2D eigenvalue weighted by Gasteiger charge is 2.22. The summed E-state index contributed by atoms with van der Waals surface area (Å²) < 4.78 is 13.4. The summed E-state index contributed by atoms with van der Waals surface area (Å²) in [5, 5.41) is 20.0. The van der Waals surface area contributed by atoms with E-state index in [9.17, 15) is 18.8 Å². The fraction of sp³-hybridized carbons (Fsp3) is 0.250. The lowest BCUT2D eigenvalue weighted by atomic mass is 10.1. The maximum atomic E-state index is 13.4. The molecule has 0 radical (unpaired) electrons. The molecule has 0 fully saturated rings. The molecule has 1 aromatic carbocycles. The molecule has 0 saturated heterocycles. The number of carbonyl (C=O) groups excluding carboxylic acids is 2. The topological polar surface area (TPSA) is 130 Å². The van der Waals surface area contributed by atoms with Crippen molar-refractivity contribution >= 4 is 17.8 Å². The number of amides is 2. The lowest BCUT2D eigenvalue weighted by Crippen LogP contribution is -2.41. The van der Waals surface area contributed by atoms with Gasteiger partial charge in [-0.15, -0.1) is 0 Å². The third-order valence-electron chi connectivity index (χ3n) is 2.48. The Morgan fingerprint density at radius 1 is 1.35 bits per heavy atom. The predicted octanol–water partition coefficient (Wildman–Crippen LogP) is -0.0202. The van der Waals surface area contributed by atoms with Crippen LogP contribution < -0.4 is 11.1 Å². The minimum absolute atomic E-state index is 0.198. The van der Waals surface area contributed by atoms with Gasteiger partial charge in [-0.1, -0.05) is 0 Å². The number of phenolic OH excluding ortho intramolecular Hbond substituents is 1. The number of carbonyl (C=O) groups is 3. The van der Waals surface area contributed by atoms with E-state index in [1.165, 1.54) is 0 Å². The van der Waals surface area contributed by atoms with E-state index < -0.39 is 35.2 Å². The smallest absolute Gasteiger partial charge is 0.326 e. The summed E-state index contributed by atoms with van der Waals surface area (Å²) in [6.45, 7) is 0. The number of halogens is 1. The summed E-state index contributed by atoms with van der Waals surface area (Å²) in [5.74, 6) is -4.37. The molecular weight excluding hydrogens is 271 g/mol. The van der Waals surface area contributed by atoms with Crippen molar-refractivity contribution in [2.24, 2.45) is 5.73 Å². The van der Waals surface area contributed by atoms with Crippen LogP contribution in [0.5, 0.6) is 5.75 Å². The Kier molecular flexibility index (Phi) is 5.01. The van der Waals surface area contributed by atoms with E-state index in [4.69, 9.17) is 15.9 Å². The van der Waals surface area contributed by atoms with Crippen LogP contribution in [-0.2, 0) is 9.59 Å². The zero-order valence-electron chi connectivity index (χ0n) is 10.3. The first-order valence-corrected chi connectivity index (χ1v) is 5.61. The molecule has 0 saturated carbocycles. The van der Waals surface area contributed by atoms with Crippen LogP contribution in [0.2, 0.25) is 0 Å². The van der Waals surface area contributed by atoms with Crippen molar-refractivity contribution in [1.29, 1.82) is 0 Å². The van der Waals surface area contributed by atoms with Gasteiger partial charge in [-0.05, 0) is 18.6 Å². The van der Waals surface area contributed by atoms with E-state index in [0.717, 1.165) is 18.2 Å². The van der Waals surface area contributed by atoms with E-state index >= 15 is 0 Å². The van der Waals surface area contributed by atoms with Gasteiger partial charge < -0.3 is 21.3 Å². The van der Waals surface area contributed by atoms with Crippen molar-refractivity contribution in [3.05, 3.63) is 29.6 Å². The highest BCUT2D eigenvalue weighted by molar-refractivity contribution is 5.97. The second-order valence-corrected chi connectivity index (χ2v) is 4.03. The minimum Gasteiger partial charge on any atom is -0.508 e. The maximum absolute atomic E-state index is 13.4. The molecule has 1 atom stereocenters. The summed E-state index contributed by atoms with van der Waals surface area (Å²) >= 11 is 0. The summed E-state index contributed by atoms with van der Waals surface area (Å²) in [6, 6.07) is 1.49. The standard InChI is InChI=1S/C12H13FN2O5/c13-8-5-6(16)1-2-7(8)11(18)15-9(12(19)20)3-4-10(14)17/h1-2,5,9,16H,3-4H2,(H2,14,17)(H,15,18)(H,19,20)/t9-/m1/s1. The molecule has 1 rings (SSSR count). The average Bonchev–Trinajstić information content (AvgIpc) is 2.33. The number of nitrogens with two attached hydrogens (primary N) is 1. The summed E-state index contributed by atoms with van der Waals surface area (Å²) in [7, 11) is 0. The molecule has 7 nitrogen and oxygen atoms in total. The van der Waals surface area contributed by atoms with Gasteiger partial charge in [0.05, 0.1) is 5.56 Å². The van der Waals surface area contributed by atoms with Gasteiger partial charge in [0.1, 0.15) is 17.6 Å². The molecular formula is C12H13FN2O5. The first-order valence-electron chi connectivity index (χ1n) is 5.61. The number of aliphatic carboxylic acids is 1. The normalized spacial score (nSPS) is 11.7. The van der Waals surface area contributed by atoms with Crippen LogP contribution in [-0.4, -0.2) is 34.0 Å². The van der Waals surface area contributed by atoms with Crippen molar-refractivity contribution in [3.63, 3.8) is 0 Å². The highest BCUT2D eigenvalue weighted by Crippen LogP contribution is 2.15. The highest BCUT2D eigenvalue weighted by atomic mass is 19.1. The van der Waals surface area contributed by atoms with Gasteiger partial charge in [0.15, 0.2) is 0 Å². The van der Waals surface area contributed by atoms with E-state index in [-0.39, 0.29) is 18.6 Å². The molecule has 8 heteroatoms. The summed E-state index contributed by atoms with van der Waals surface area (Å²) in [4.78, 5) is 33.2. The van der Waals surface area contributed by atoms with E-state index in [0.29, 0.717) is 0 Å². The molecule has 0 aliphatic rings. The predicted molar refractivity (Wildman–Crippen MR) is 65.4 cm³/mol. The van der Waals surface area contributed by atoms with Gasteiger partial charge in [0, 0.05) is 12.5 Å². The molecule has 1 aromatic rings. The monoisotopic (exact) mass is 284 g/mol. The van der Waals surface area contributed by atoms with E-state index in [1.807, 2.05) is 0 Å². The van der Waals surface area contributed by atoms with Crippen LogP contribution in [0.1, 0.15) is 23.2 Å². The first kappa shape index (κ1) is 15.4. The number of aromatic hydroxyl groups is 1. The third kappa shape index (κ3) is 4.23. The van der Waals surface area contributed by atoms with Gasteiger partial charge in [-0.25, -0.2) is 9.18 Å². The number of phenols is 1. The van der Waals surface area contributed by atoms with Crippen molar-refractivity contribution in [1.82, 2.24) is 5.32 Å². The van der Waals surface area contributed by atoms with Gasteiger partial charge in [-0.2, -0.15) is 0 Å². The van der Waals surface area contributed by atoms with Gasteiger partial charge in [0.2, 0.25) is 5.91 Å². The zero-order valence-corrected chi connectivity index (χ0v) is 10.3. The van der Waals surface area contributed by atoms with Crippen LogP contribution in [0, 0.1) is 5.82 Å². The number of hydrogen-bond acceptors (Lipinski definition) is 4. The number of carboxylic acids is 1. The van der Waals surface area contributed by atoms with Crippen molar-refractivity contribution in [2.45, 2.75) is 18.9 Å². The molecule has 0 aliphatic heterocycles. The molecule has 108 valence electrons. The second kappa shape index (κ2) is 6.50. The first-order chi connectivity index (χ1) is 9.31. The van der Waals surface area contributed by atoms with Crippen molar-refractivity contribution in [3.8, 4) is 5.75 Å². The van der Waals surface area contributed by atoms with Gasteiger partial charge >= 0.3 is 5.97 Å². The lowest BCUT2D eigenvalue weighted by Gasteiger charge is -2.14. The van der Waals surface area contributed by atoms with E-state index in [1.54, 1.807) is 0 Å². The van der Waals surface area contributed by atoms with Crippen molar-refractivity contribution in [2.75, 3.05) is 0 Å². The molecule has 0 aromatic heterocycles. The van der Waals surface area contributed by atoms with Crippen LogP contribution >= 0.6 is 0 Å². The van der Waals surface area contributed by atoms with Gasteiger partial charge in [-0.3, -0.25) is 9.59 Å². The van der Waals surface area contributed by atoms with Crippen LogP contribution in [0.3, 0.4) is 0 Å². The lowest BCUT2D eigenvalue weighted by molar-refractivity contribution is -0.139. The number of nitrogens with one attached hydrogen (secondary N) is 1. The number of primary amides is 1. The molecule has 0 heterocycles. The fourth-order valence-corrected chi connectivity index (χ4v) is 1.47. The number of hydrogen-bond donors (Lipinski definition) is 4. The molecule has 20 heavy (non-hydrogen) atoms. The Balaban J connectivity index is 2.80. The molecule has 0 bridgehead atoms. The van der Waals surface area contributed by atoms with Crippen LogP contribution in [0.4, 0.5) is 4.39 Å². The molecule has 2 amide bonds. The van der Waals surface area contributed by atoms with Crippen LogP contribution in [0.15, 0.2) is 18.2 Å². The Morgan fingerprint density at radius 3 is 2.50 bits per heavy atom.